The third kappa shape index (κ3) is 4.54. The van der Waals surface area contributed by atoms with Crippen molar-refractivity contribution in [3.63, 3.8) is 0 Å². The van der Waals surface area contributed by atoms with E-state index in [1.54, 1.807) is 6.08 Å². The monoisotopic (exact) mass is 371 g/mol. The SMILES string of the molecule is CCOc1ccccc1-c1noc(COC(=O)/C=C/c2csc(C)n2)n1. The second kappa shape index (κ2) is 8.39. The van der Waals surface area contributed by atoms with Crippen LogP contribution in [0.3, 0.4) is 0 Å². The van der Waals surface area contributed by atoms with Gasteiger partial charge in [-0.05, 0) is 32.1 Å². The number of hydrogen-bond donors (Lipinski definition) is 0. The fraction of sp³-hybridized carbons (Fsp3) is 0.222. The number of carbonyl (C=O) groups excluding carboxylic acids is 1. The molecular formula is C18H17N3O4S. The third-order valence-corrected chi connectivity index (χ3v) is 4.05. The summed E-state index contributed by atoms with van der Waals surface area (Å²) in [6.45, 7) is 4.22. The number of aromatic nitrogens is 3. The normalized spacial score (nSPS) is 11.0. The molecule has 0 spiro atoms. The molecule has 2 heterocycles. The molecule has 7 nitrogen and oxygen atoms in total. The number of nitrogens with zero attached hydrogens (tertiary/aromatic N) is 3. The Morgan fingerprint density at radius 2 is 2.15 bits per heavy atom. The molecule has 0 amide bonds. The molecule has 0 atom stereocenters. The molecule has 8 heteroatoms. The third-order valence-electron chi connectivity index (χ3n) is 3.26. The van der Waals surface area contributed by atoms with Crippen molar-refractivity contribution in [1.29, 1.82) is 0 Å². The van der Waals surface area contributed by atoms with Crippen molar-refractivity contribution in [1.82, 2.24) is 15.1 Å². The Hall–Kier alpha value is -3.00. The van der Waals surface area contributed by atoms with E-state index in [4.69, 9.17) is 14.0 Å². The number of rotatable bonds is 7. The summed E-state index contributed by atoms with van der Waals surface area (Å²) in [5, 5.41) is 6.71. The zero-order chi connectivity index (χ0) is 18.4. The van der Waals surface area contributed by atoms with Gasteiger partial charge < -0.3 is 14.0 Å². The Bertz CT molecular complexity index is 917. The Kier molecular flexibility index (Phi) is 5.75. The predicted octanol–water partition coefficient (Wildman–Crippen LogP) is 3.66. The van der Waals surface area contributed by atoms with Crippen molar-refractivity contribution in [3.8, 4) is 17.1 Å². The minimum absolute atomic E-state index is 0.108. The molecule has 0 saturated carbocycles. The van der Waals surface area contributed by atoms with Crippen LogP contribution in [0, 0.1) is 6.92 Å². The molecule has 0 aliphatic rings. The number of hydrogen-bond acceptors (Lipinski definition) is 8. The summed E-state index contributed by atoms with van der Waals surface area (Å²) < 4.78 is 15.8. The van der Waals surface area contributed by atoms with Crippen LogP contribution in [0.4, 0.5) is 0 Å². The van der Waals surface area contributed by atoms with Crippen LogP contribution in [0.5, 0.6) is 5.75 Å². The maximum Gasteiger partial charge on any atom is 0.331 e. The minimum atomic E-state index is -0.509. The van der Waals surface area contributed by atoms with Crippen LogP contribution in [0.2, 0.25) is 0 Å². The van der Waals surface area contributed by atoms with Gasteiger partial charge in [0.05, 0.1) is 22.9 Å². The van der Waals surface area contributed by atoms with Crippen molar-refractivity contribution in [2.75, 3.05) is 6.61 Å². The van der Waals surface area contributed by atoms with Gasteiger partial charge in [-0.2, -0.15) is 4.98 Å². The Balaban J connectivity index is 1.60. The summed E-state index contributed by atoms with van der Waals surface area (Å²) in [5.74, 6) is 0.747. The topological polar surface area (TPSA) is 87.3 Å². The van der Waals surface area contributed by atoms with E-state index in [0.717, 1.165) is 16.3 Å². The van der Waals surface area contributed by atoms with Crippen LogP contribution < -0.4 is 4.74 Å². The van der Waals surface area contributed by atoms with E-state index in [1.165, 1.54) is 17.4 Å². The second-order valence-electron chi connectivity index (χ2n) is 5.17. The molecule has 0 fully saturated rings. The highest BCUT2D eigenvalue weighted by Crippen LogP contribution is 2.27. The summed E-state index contributed by atoms with van der Waals surface area (Å²) in [7, 11) is 0. The number of aryl methyl sites for hydroxylation is 1. The molecular weight excluding hydrogens is 354 g/mol. The maximum absolute atomic E-state index is 11.8. The lowest BCUT2D eigenvalue weighted by Gasteiger charge is -2.05. The van der Waals surface area contributed by atoms with E-state index in [2.05, 4.69) is 15.1 Å². The molecule has 3 rings (SSSR count). The first-order valence-electron chi connectivity index (χ1n) is 7.97. The Morgan fingerprint density at radius 1 is 1.31 bits per heavy atom. The van der Waals surface area contributed by atoms with E-state index in [1.807, 2.05) is 43.5 Å². The fourth-order valence-electron chi connectivity index (χ4n) is 2.15. The van der Waals surface area contributed by atoms with Gasteiger partial charge in [-0.15, -0.1) is 11.3 Å². The highest BCUT2D eigenvalue weighted by Gasteiger charge is 2.14. The fourth-order valence-corrected chi connectivity index (χ4v) is 2.73. The van der Waals surface area contributed by atoms with E-state index < -0.39 is 5.97 Å². The first-order valence-corrected chi connectivity index (χ1v) is 8.85. The van der Waals surface area contributed by atoms with Crippen LogP contribution in [0.25, 0.3) is 17.5 Å². The average Bonchev–Trinajstić information content (AvgIpc) is 3.28. The van der Waals surface area contributed by atoms with Gasteiger partial charge in [-0.3, -0.25) is 0 Å². The largest absolute Gasteiger partial charge is 0.493 e. The van der Waals surface area contributed by atoms with E-state index in [9.17, 15) is 4.79 Å². The number of ether oxygens (including phenoxy) is 2. The van der Waals surface area contributed by atoms with Gasteiger partial charge in [-0.25, -0.2) is 9.78 Å². The Labute approximate surface area is 154 Å². The average molecular weight is 371 g/mol. The molecule has 134 valence electrons. The number of esters is 1. The van der Waals surface area contributed by atoms with Crippen LogP contribution in [0.1, 0.15) is 23.5 Å². The predicted molar refractivity (Wildman–Crippen MR) is 96.6 cm³/mol. The number of para-hydroxylation sites is 1. The van der Waals surface area contributed by atoms with Crippen LogP contribution in [-0.2, 0) is 16.1 Å². The molecule has 2 aromatic heterocycles. The summed E-state index contributed by atoms with van der Waals surface area (Å²) in [4.78, 5) is 20.2. The summed E-state index contributed by atoms with van der Waals surface area (Å²) in [6.07, 6.45) is 2.92. The standard InChI is InChI=1S/C18H17N3O4S/c1-3-23-15-7-5-4-6-14(15)18-20-16(25-21-18)10-24-17(22)9-8-13-11-26-12(2)19-13/h4-9,11H,3,10H2,1-2H3/b9-8+. The van der Waals surface area contributed by atoms with Crippen LogP contribution in [-0.4, -0.2) is 27.7 Å². The van der Waals surface area contributed by atoms with Crippen molar-refractivity contribution in [2.45, 2.75) is 20.5 Å². The zero-order valence-corrected chi connectivity index (χ0v) is 15.2. The van der Waals surface area contributed by atoms with Gasteiger partial charge >= 0.3 is 5.97 Å². The lowest BCUT2D eigenvalue weighted by molar-refractivity contribution is -0.139. The number of thiazole rings is 1. The van der Waals surface area contributed by atoms with Crippen molar-refractivity contribution in [3.05, 3.63) is 52.3 Å². The van der Waals surface area contributed by atoms with E-state index >= 15 is 0 Å². The maximum atomic E-state index is 11.8. The first kappa shape index (κ1) is 17.8. The van der Waals surface area contributed by atoms with Gasteiger partial charge in [0.25, 0.3) is 5.89 Å². The molecule has 0 radical (unpaired) electrons. The molecule has 0 aliphatic heterocycles. The molecule has 0 unspecified atom stereocenters. The van der Waals surface area contributed by atoms with Gasteiger partial charge in [0, 0.05) is 11.5 Å². The highest BCUT2D eigenvalue weighted by molar-refractivity contribution is 7.09. The second-order valence-corrected chi connectivity index (χ2v) is 6.24. The Morgan fingerprint density at radius 3 is 2.92 bits per heavy atom. The molecule has 0 aliphatic carbocycles. The van der Waals surface area contributed by atoms with Gasteiger partial charge in [-0.1, -0.05) is 17.3 Å². The quantitative estimate of drug-likeness (QED) is 0.463. The van der Waals surface area contributed by atoms with Crippen molar-refractivity contribution < 1.29 is 18.8 Å². The first-order chi connectivity index (χ1) is 12.7. The van der Waals surface area contributed by atoms with Crippen LogP contribution >= 0.6 is 11.3 Å². The molecule has 0 saturated heterocycles. The summed E-state index contributed by atoms with van der Waals surface area (Å²) in [6, 6.07) is 7.40. The van der Waals surface area contributed by atoms with Gasteiger partial charge in [0.1, 0.15) is 5.75 Å². The molecule has 1 aromatic carbocycles. The van der Waals surface area contributed by atoms with E-state index in [-0.39, 0.29) is 12.5 Å². The molecule has 3 aromatic rings. The lowest BCUT2D eigenvalue weighted by Crippen LogP contribution is -2.01. The zero-order valence-electron chi connectivity index (χ0n) is 14.3. The van der Waals surface area contributed by atoms with Crippen molar-refractivity contribution >= 4 is 23.4 Å². The number of carbonyl (C=O) groups is 1. The molecule has 0 bridgehead atoms. The lowest BCUT2D eigenvalue weighted by atomic mass is 10.2. The van der Waals surface area contributed by atoms with Gasteiger partial charge in [0.15, 0.2) is 6.61 Å². The summed E-state index contributed by atoms with van der Waals surface area (Å²) in [5.41, 5.74) is 1.44. The highest BCUT2D eigenvalue weighted by atomic mass is 32.1. The van der Waals surface area contributed by atoms with E-state index in [0.29, 0.717) is 18.2 Å². The van der Waals surface area contributed by atoms with Crippen molar-refractivity contribution in [2.24, 2.45) is 0 Å². The number of benzene rings is 1. The smallest absolute Gasteiger partial charge is 0.331 e. The van der Waals surface area contributed by atoms with Gasteiger partial charge in [0.2, 0.25) is 5.82 Å². The summed E-state index contributed by atoms with van der Waals surface area (Å²) >= 11 is 1.51. The van der Waals surface area contributed by atoms with Crippen LogP contribution in [0.15, 0.2) is 40.2 Å². The molecule has 26 heavy (non-hydrogen) atoms. The minimum Gasteiger partial charge on any atom is -0.493 e. The molecule has 0 N–H and O–H groups in total.